The highest BCUT2D eigenvalue weighted by atomic mass is 15.3. The molecule has 0 aliphatic carbocycles. The molecule has 3 N–H and O–H groups in total. The molecule has 1 aromatic rings. The zero-order valence-electron chi connectivity index (χ0n) is 11.7. The van der Waals surface area contributed by atoms with E-state index in [4.69, 9.17) is 5.84 Å². The summed E-state index contributed by atoms with van der Waals surface area (Å²) >= 11 is 0. The molecule has 1 atom stereocenters. The van der Waals surface area contributed by atoms with Crippen LogP contribution in [0.1, 0.15) is 22.3 Å². The Balaban J connectivity index is 2.86. The van der Waals surface area contributed by atoms with Gasteiger partial charge >= 0.3 is 0 Å². The average molecular weight is 235 g/mol. The molecule has 3 heteroatoms. The van der Waals surface area contributed by atoms with Gasteiger partial charge in [-0.05, 0) is 58.0 Å². The lowest BCUT2D eigenvalue weighted by Crippen LogP contribution is -2.43. The Bertz CT molecular complexity index is 349. The molecule has 0 aliphatic heterocycles. The van der Waals surface area contributed by atoms with Crippen LogP contribution >= 0.6 is 0 Å². The number of likely N-dealkylation sites (N-methyl/N-ethyl adjacent to an activating group) is 1. The predicted molar refractivity (Wildman–Crippen MR) is 74.0 cm³/mol. The molecular weight excluding hydrogens is 210 g/mol. The maximum absolute atomic E-state index is 5.62. The zero-order valence-corrected chi connectivity index (χ0v) is 11.7. The molecule has 96 valence electrons. The van der Waals surface area contributed by atoms with E-state index in [0.29, 0.717) is 6.04 Å². The minimum absolute atomic E-state index is 0.296. The van der Waals surface area contributed by atoms with Crippen LogP contribution in [-0.2, 0) is 6.42 Å². The van der Waals surface area contributed by atoms with Crippen molar-refractivity contribution in [3.05, 3.63) is 34.4 Å². The largest absolute Gasteiger partial charge is 0.308 e. The van der Waals surface area contributed by atoms with Crippen LogP contribution in [-0.4, -0.2) is 31.6 Å². The van der Waals surface area contributed by atoms with Crippen molar-refractivity contribution in [2.75, 3.05) is 20.6 Å². The van der Waals surface area contributed by atoms with Crippen LogP contribution in [0.25, 0.3) is 0 Å². The molecule has 17 heavy (non-hydrogen) atoms. The van der Waals surface area contributed by atoms with Gasteiger partial charge in [0.05, 0.1) is 0 Å². The van der Waals surface area contributed by atoms with E-state index in [9.17, 15) is 0 Å². The lowest BCUT2D eigenvalue weighted by molar-refractivity contribution is 0.338. The third-order valence-corrected chi connectivity index (χ3v) is 3.11. The van der Waals surface area contributed by atoms with Crippen molar-refractivity contribution in [1.29, 1.82) is 0 Å². The van der Waals surface area contributed by atoms with Gasteiger partial charge in [-0.25, -0.2) is 0 Å². The maximum Gasteiger partial charge on any atom is 0.0378 e. The van der Waals surface area contributed by atoms with Crippen molar-refractivity contribution in [3.63, 3.8) is 0 Å². The number of rotatable bonds is 5. The van der Waals surface area contributed by atoms with Crippen molar-refractivity contribution >= 4 is 0 Å². The van der Waals surface area contributed by atoms with E-state index >= 15 is 0 Å². The molecule has 0 heterocycles. The molecular formula is C14H25N3. The van der Waals surface area contributed by atoms with E-state index in [-0.39, 0.29) is 0 Å². The Morgan fingerprint density at radius 3 is 2.12 bits per heavy atom. The Hall–Kier alpha value is -0.900. The third-order valence-electron chi connectivity index (χ3n) is 3.11. The van der Waals surface area contributed by atoms with Gasteiger partial charge < -0.3 is 4.90 Å². The van der Waals surface area contributed by atoms with Crippen molar-refractivity contribution in [2.24, 2.45) is 5.84 Å². The number of nitrogens with two attached hydrogens (primary N) is 1. The molecule has 0 fully saturated rings. The first-order valence-corrected chi connectivity index (χ1v) is 6.11. The quantitative estimate of drug-likeness (QED) is 0.601. The molecule has 1 aromatic carbocycles. The summed E-state index contributed by atoms with van der Waals surface area (Å²) in [6.07, 6.45) is 0.979. The summed E-state index contributed by atoms with van der Waals surface area (Å²) in [7, 11) is 4.14. The molecule has 0 aromatic heterocycles. The van der Waals surface area contributed by atoms with E-state index in [1.807, 2.05) is 0 Å². The van der Waals surface area contributed by atoms with Gasteiger partial charge in [0.2, 0.25) is 0 Å². The second-order valence-corrected chi connectivity index (χ2v) is 5.21. The Kier molecular flexibility index (Phi) is 5.12. The van der Waals surface area contributed by atoms with Gasteiger partial charge in [0.15, 0.2) is 0 Å². The van der Waals surface area contributed by atoms with Gasteiger partial charge in [-0.2, -0.15) is 0 Å². The Labute approximate surface area is 105 Å². The Morgan fingerprint density at radius 1 is 1.18 bits per heavy atom. The number of hydrazine groups is 1. The van der Waals surface area contributed by atoms with E-state index in [0.717, 1.165) is 13.0 Å². The van der Waals surface area contributed by atoms with E-state index in [2.05, 4.69) is 57.3 Å². The van der Waals surface area contributed by atoms with Gasteiger partial charge in [-0.15, -0.1) is 0 Å². The third kappa shape index (κ3) is 4.11. The van der Waals surface area contributed by atoms with Crippen LogP contribution in [0.15, 0.2) is 12.1 Å². The fraction of sp³-hybridized carbons (Fsp3) is 0.571. The van der Waals surface area contributed by atoms with Crippen LogP contribution in [0, 0.1) is 20.8 Å². The van der Waals surface area contributed by atoms with Gasteiger partial charge in [-0.3, -0.25) is 11.3 Å². The number of nitrogens with zero attached hydrogens (tertiary/aromatic N) is 1. The first-order valence-electron chi connectivity index (χ1n) is 6.11. The molecule has 3 nitrogen and oxygen atoms in total. The SMILES string of the molecule is Cc1cc(C)c(CC(CN(C)C)NN)c(C)c1. The zero-order chi connectivity index (χ0) is 13.0. The average Bonchev–Trinajstić information content (AvgIpc) is 2.20. The highest BCUT2D eigenvalue weighted by Gasteiger charge is 2.12. The molecule has 0 aliphatic rings. The molecule has 0 bridgehead atoms. The van der Waals surface area contributed by atoms with Gasteiger partial charge in [-0.1, -0.05) is 17.7 Å². The van der Waals surface area contributed by atoms with Crippen LogP contribution in [0.3, 0.4) is 0 Å². The van der Waals surface area contributed by atoms with Crippen molar-refractivity contribution in [2.45, 2.75) is 33.2 Å². The molecule has 0 amide bonds. The summed E-state index contributed by atoms with van der Waals surface area (Å²) in [6.45, 7) is 7.45. The fourth-order valence-electron chi connectivity index (χ4n) is 2.40. The minimum atomic E-state index is 0.296. The summed E-state index contributed by atoms with van der Waals surface area (Å²) in [4.78, 5) is 2.16. The number of hydrogen-bond acceptors (Lipinski definition) is 3. The Morgan fingerprint density at radius 2 is 1.71 bits per heavy atom. The minimum Gasteiger partial charge on any atom is -0.308 e. The second kappa shape index (κ2) is 6.15. The maximum atomic E-state index is 5.62. The van der Waals surface area contributed by atoms with E-state index in [1.54, 1.807) is 0 Å². The summed E-state index contributed by atoms with van der Waals surface area (Å²) in [6, 6.07) is 4.78. The molecule has 0 radical (unpaired) electrons. The number of nitrogens with one attached hydrogen (secondary N) is 1. The van der Waals surface area contributed by atoms with E-state index < -0.39 is 0 Å². The van der Waals surface area contributed by atoms with Gasteiger partial charge in [0, 0.05) is 12.6 Å². The number of benzene rings is 1. The second-order valence-electron chi connectivity index (χ2n) is 5.21. The standard InChI is InChI=1S/C14H25N3/c1-10-6-11(2)14(12(3)7-10)8-13(16-15)9-17(4)5/h6-7,13,16H,8-9,15H2,1-5H3. The van der Waals surface area contributed by atoms with Crippen LogP contribution in [0.5, 0.6) is 0 Å². The summed E-state index contributed by atoms with van der Waals surface area (Å²) in [5, 5.41) is 0. The summed E-state index contributed by atoms with van der Waals surface area (Å²) in [5.41, 5.74) is 8.38. The molecule has 1 unspecified atom stereocenters. The molecule has 0 spiro atoms. The van der Waals surface area contributed by atoms with Crippen LogP contribution in [0.2, 0.25) is 0 Å². The van der Waals surface area contributed by atoms with Crippen molar-refractivity contribution in [3.8, 4) is 0 Å². The molecule has 0 saturated carbocycles. The van der Waals surface area contributed by atoms with Gasteiger partial charge in [0.1, 0.15) is 0 Å². The normalized spacial score (nSPS) is 13.1. The smallest absolute Gasteiger partial charge is 0.0378 e. The topological polar surface area (TPSA) is 41.3 Å². The van der Waals surface area contributed by atoms with Crippen molar-refractivity contribution in [1.82, 2.24) is 10.3 Å². The lowest BCUT2D eigenvalue weighted by atomic mass is 9.94. The fourth-order valence-corrected chi connectivity index (χ4v) is 2.40. The first-order chi connectivity index (χ1) is 7.93. The summed E-state index contributed by atoms with van der Waals surface area (Å²) < 4.78 is 0. The summed E-state index contributed by atoms with van der Waals surface area (Å²) in [5.74, 6) is 5.62. The van der Waals surface area contributed by atoms with Crippen LogP contribution < -0.4 is 11.3 Å². The van der Waals surface area contributed by atoms with Crippen LogP contribution in [0.4, 0.5) is 0 Å². The molecule has 0 saturated heterocycles. The number of aryl methyl sites for hydroxylation is 3. The number of hydrogen-bond donors (Lipinski definition) is 2. The first kappa shape index (κ1) is 14.2. The van der Waals surface area contributed by atoms with Crippen molar-refractivity contribution < 1.29 is 0 Å². The lowest BCUT2D eigenvalue weighted by Gasteiger charge is -2.22. The van der Waals surface area contributed by atoms with E-state index in [1.165, 1.54) is 22.3 Å². The monoisotopic (exact) mass is 235 g/mol. The highest BCUT2D eigenvalue weighted by molar-refractivity contribution is 5.38. The predicted octanol–water partition coefficient (Wildman–Crippen LogP) is 1.55. The highest BCUT2D eigenvalue weighted by Crippen LogP contribution is 2.18. The van der Waals surface area contributed by atoms with Gasteiger partial charge in [0.25, 0.3) is 0 Å². The molecule has 1 rings (SSSR count).